The number of hydrogen-bond donors (Lipinski definition) is 1. The van der Waals surface area contributed by atoms with Crippen LogP contribution < -0.4 is 5.32 Å². The second kappa shape index (κ2) is 9.16. The van der Waals surface area contributed by atoms with Crippen molar-refractivity contribution < 1.29 is 14.3 Å². The maximum absolute atomic E-state index is 12.4. The third kappa shape index (κ3) is 4.50. The normalized spacial score (nSPS) is 27.4. The van der Waals surface area contributed by atoms with E-state index in [1.165, 1.54) is 44.9 Å². The van der Waals surface area contributed by atoms with Crippen LogP contribution in [0.5, 0.6) is 0 Å². The van der Waals surface area contributed by atoms with Crippen molar-refractivity contribution in [2.45, 2.75) is 84.0 Å². The van der Waals surface area contributed by atoms with Gasteiger partial charge in [-0.2, -0.15) is 0 Å². The molecule has 3 unspecified atom stereocenters. The first-order valence-electron chi connectivity index (χ1n) is 9.71. The standard InChI is InChI=1S/C19H36N2O3/c1-5-6-7-8-9-10-11-12-21-13-15-16(24-14-23-15)17(21)19(2,3)18(22)20-4/h15-17H,5-14H2,1-4H3,(H,20,22). The SMILES string of the molecule is CCCCCCCCCN1CC2OCOC2C1C(C)(C)C(=O)NC. The molecule has 0 radical (unpaired) electrons. The summed E-state index contributed by atoms with van der Waals surface area (Å²) < 4.78 is 11.6. The summed E-state index contributed by atoms with van der Waals surface area (Å²) in [4.78, 5) is 14.8. The van der Waals surface area contributed by atoms with Gasteiger partial charge in [0.15, 0.2) is 0 Å². The molecule has 140 valence electrons. The van der Waals surface area contributed by atoms with E-state index in [0.717, 1.165) is 13.1 Å². The van der Waals surface area contributed by atoms with Crippen LogP contribution in [0.3, 0.4) is 0 Å². The van der Waals surface area contributed by atoms with E-state index in [-0.39, 0.29) is 24.2 Å². The molecule has 2 aliphatic rings. The summed E-state index contributed by atoms with van der Waals surface area (Å²) >= 11 is 0. The van der Waals surface area contributed by atoms with Crippen LogP contribution in [0.1, 0.15) is 65.7 Å². The van der Waals surface area contributed by atoms with Gasteiger partial charge in [-0.05, 0) is 26.8 Å². The van der Waals surface area contributed by atoms with Gasteiger partial charge >= 0.3 is 0 Å². The fraction of sp³-hybridized carbons (Fsp3) is 0.947. The van der Waals surface area contributed by atoms with Gasteiger partial charge in [0, 0.05) is 13.6 Å². The molecule has 0 bridgehead atoms. The molecule has 1 amide bonds. The van der Waals surface area contributed by atoms with Crippen molar-refractivity contribution in [1.29, 1.82) is 0 Å². The summed E-state index contributed by atoms with van der Waals surface area (Å²) in [6.45, 7) is 8.57. The number of nitrogens with zero attached hydrogens (tertiary/aromatic N) is 1. The molecule has 5 heteroatoms. The van der Waals surface area contributed by atoms with Crippen LogP contribution in [-0.2, 0) is 14.3 Å². The van der Waals surface area contributed by atoms with Gasteiger partial charge in [0.25, 0.3) is 0 Å². The largest absolute Gasteiger partial charge is 0.359 e. The van der Waals surface area contributed by atoms with Crippen LogP contribution in [0.25, 0.3) is 0 Å². The molecule has 2 fully saturated rings. The first kappa shape index (κ1) is 19.7. The van der Waals surface area contributed by atoms with E-state index in [0.29, 0.717) is 6.79 Å². The van der Waals surface area contributed by atoms with E-state index in [1.54, 1.807) is 7.05 Å². The Kier molecular flexibility index (Phi) is 7.51. The average Bonchev–Trinajstić information content (AvgIpc) is 3.13. The third-order valence-corrected chi connectivity index (χ3v) is 5.63. The molecular weight excluding hydrogens is 304 g/mol. The Hall–Kier alpha value is -0.650. The first-order valence-corrected chi connectivity index (χ1v) is 9.71. The predicted molar refractivity (Wildman–Crippen MR) is 95.8 cm³/mol. The molecule has 1 N–H and O–H groups in total. The Balaban J connectivity index is 1.87. The highest BCUT2D eigenvalue weighted by molar-refractivity contribution is 5.82. The number of likely N-dealkylation sites (tertiary alicyclic amines) is 1. The van der Waals surface area contributed by atoms with Crippen LogP contribution >= 0.6 is 0 Å². The first-order chi connectivity index (χ1) is 11.5. The fourth-order valence-electron chi connectivity index (χ4n) is 4.24. The second-order valence-electron chi connectivity index (χ2n) is 7.82. The lowest BCUT2D eigenvalue weighted by Gasteiger charge is -2.38. The fourth-order valence-corrected chi connectivity index (χ4v) is 4.24. The molecule has 24 heavy (non-hydrogen) atoms. The van der Waals surface area contributed by atoms with E-state index in [9.17, 15) is 4.79 Å². The highest BCUT2D eigenvalue weighted by atomic mass is 16.7. The molecule has 2 heterocycles. The molecule has 0 saturated carbocycles. The number of unbranched alkanes of at least 4 members (excludes halogenated alkanes) is 6. The predicted octanol–water partition coefficient (Wildman–Crippen LogP) is 2.93. The van der Waals surface area contributed by atoms with Crippen LogP contribution in [0.2, 0.25) is 0 Å². The van der Waals surface area contributed by atoms with Crippen molar-refractivity contribution in [1.82, 2.24) is 10.2 Å². The smallest absolute Gasteiger partial charge is 0.227 e. The molecule has 2 saturated heterocycles. The number of ether oxygens (including phenoxy) is 2. The van der Waals surface area contributed by atoms with Gasteiger partial charge in [0.2, 0.25) is 5.91 Å². The van der Waals surface area contributed by atoms with Gasteiger partial charge in [0.1, 0.15) is 19.0 Å². The minimum atomic E-state index is -0.483. The topological polar surface area (TPSA) is 50.8 Å². The van der Waals surface area contributed by atoms with Crippen molar-refractivity contribution in [3.63, 3.8) is 0 Å². The van der Waals surface area contributed by atoms with Gasteiger partial charge in [0.05, 0.1) is 11.5 Å². The summed E-state index contributed by atoms with van der Waals surface area (Å²) in [5, 5.41) is 2.82. The molecule has 0 aromatic carbocycles. The lowest BCUT2D eigenvalue weighted by Crippen LogP contribution is -2.54. The van der Waals surface area contributed by atoms with Crippen molar-refractivity contribution in [2.75, 3.05) is 26.9 Å². The number of amides is 1. The molecule has 0 aliphatic carbocycles. The maximum Gasteiger partial charge on any atom is 0.227 e. The lowest BCUT2D eigenvalue weighted by atomic mass is 9.80. The maximum atomic E-state index is 12.4. The highest BCUT2D eigenvalue weighted by Crippen LogP contribution is 2.39. The van der Waals surface area contributed by atoms with E-state index < -0.39 is 5.41 Å². The van der Waals surface area contributed by atoms with Gasteiger partial charge in [-0.15, -0.1) is 0 Å². The summed E-state index contributed by atoms with van der Waals surface area (Å²) in [6, 6.07) is 0.0880. The Morgan fingerprint density at radius 3 is 2.46 bits per heavy atom. The van der Waals surface area contributed by atoms with Crippen molar-refractivity contribution in [2.24, 2.45) is 5.41 Å². The zero-order valence-electron chi connectivity index (χ0n) is 16.0. The van der Waals surface area contributed by atoms with E-state index >= 15 is 0 Å². The summed E-state index contributed by atoms with van der Waals surface area (Å²) in [6.07, 6.45) is 9.26. The lowest BCUT2D eigenvalue weighted by molar-refractivity contribution is -0.135. The second-order valence-corrected chi connectivity index (χ2v) is 7.82. The number of fused-ring (bicyclic) bond motifs is 1. The quantitative estimate of drug-likeness (QED) is 0.621. The Labute approximate surface area is 147 Å². The van der Waals surface area contributed by atoms with Crippen molar-refractivity contribution in [3.05, 3.63) is 0 Å². The molecule has 0 spiro atoms. The molecule has 5 nitrogen and oxygen atoms in total. The molecule has 2 rings (SSSR count). The third-order valence-electron chi connectivity index (χ3n) is 5.63. The van der Waals surface area contributed by atoms with E-state index in [4.69, 9.17) is 9.47 Å². The van der Waals surface area contributed by atoms with Crippen molar-refractivity contribution >= 4 is 5.91 Å². The van der Waals surface area contributed by atoms with Gasteiger partial charge in [-0.1, -0.05) is 45.4 Å². The molecule has 3 atom stereocenters. The van der Waals surface area contributed by atoms with Crippen LogP contribution in [0.4, 0.5) is 0 Å². The molecule has 0 aromatic rings. The van der Waals surface area contributed by atoms with Gasteiger partial charge in [-0.25, -0.2) is 0 Å². The van der Waals surface area contributed by atoms with Crippen molar-refractivity contribution in [3.8, 4) is 0 Å². The number of hydrogen-bond acceptors (Lipinski definition) is 4. The average molecular weight is 341 g/mol. The molecule has 0 aromatic heterocycles. The van der Waals surface area contributed by atoms with E-state index in [2.05, 4.69) is 17.1 Å². The summed E-state index contributed by atoms with van der Waals surface area (Å²) in [5.74, 6) is 0.0771. The number of rotatable bonds is 10. The number of carbonyl (C=O) groups excluding carboxylic acids is 1. The van der Waals surface area contributed by atoms with Gasteiger partial charge < -0.3 is 14.8 Å². The van der Waals surface area contributed by atoms with E-state index in [1.807, 2.05) is 13.8 Å². The van der Waals surface area contributed by atoms with Crippen LogP contribution in [0.15, 0.2) is 0 Å². The zero-order valence-corrected chi connectivity index (χ0v) is 16.0. The van der Waals surface area contributed by atoms with Gasteiger partial charge in [-0.3, -0.25) is 9.69 Å². The highest BCUT2D eigenvalue weighted by Gasteiger charge is 2.54. The molecular formula is C19H36N2O3. The minimum absolute atomic E-state index is 0.0156. The van der Waals surface area contributed by atoms with Crippen LogP contribution in [-0.4, -0.2) is 56.0 Å². The summed E-state index contributed by atoms with van der Waals surface area (Å²) in [5.41, 5.74) is -0.483. The number of carbonyl (C=O) groups is 1. The minimum Gasteiger partial charge on any atom is -0.359 e. The monoisotopic (exact) mass is 340 g/mol. The summed E-state index contributed by atoms with van der Waals surface area (Å²) in [7, 11) is 1.71. The van der Waals surface area contributed by atoms with Crippen LogP contribution in [0, 0.1) is 5.41 Å². The Morgan fingerprint density at radius 1 is 1.12 bits per heavy atom. The Morgan fingerprint density at radius 2 is 1.79 bits per heavy atom. The molecule has 2 aliphatic heterocycles. The Bertz CT molecular complexity index is 400. The number of nitrogens with one attached hydrogen (secondary N) is 1. The zero-order chi connectivity index (χ0) is 17.6.